The van der Waals surface area contributed by atoms with Gasteiger partial charge in [-0.3, -0.25) is 4.40 Å². The van der Waals surface area contributed by atoms with Gasteiger partial charge in [-0.15, -0.1) is 0 Å². The number of hydrogen-bond donors (Lipinski definition) is 1. The maximum atomic E-state index is 4.61. The molecular weight excluding hydrogens is 224 g/mol. The van der Waals surface area contributed by atoms with Crippen LogP contribution in [0.1, 0.15) is 38.8 Å². The average molecular weight is 245 g/mol. The average Bonchev–Trinajstić information content (AvgIpc) is 2.76. The van der Waals surface area contributed by atoms with E-state index in [0.717, 1.165) is 30.1 Å². The zero-order chi connectivity index (χ0) is 12.5. The van der Waals surface area contributed by atoms with Crippen molar-refractivity contribution in [2.75, 3.05) is 0 Å². The smallest absolute Gasteiger partial charge is 0.234 e. The van der Waals surface area contributed by atoms with Crippen molar-refractivity contribution >= 4 is 5.78 Å². The Morgan fingerprint density at radius 1 is 1.33 bits per heavy atom. The van der Waals surface area contributed by atoms with Gasteiger partial charge in [0.05, 0.1) is 12.1 Å². The third-order valence-corrected chi connectivity index (χ3v) is 4.21. The van der Waals surface area contributed by atoms with Gasteiger partial charge in [0.15, 0.2) is 0 Å². The minimum absolute atomic E-state index is 0.742. The van der Waals surface area contributed by atoms with E-state index in [9.17, 15) is 0 Å². The van der Waals surface area contributed by atoms with Crippen molar-refractivity contribution in [1.82, 2.24) is 14.4 Å². The first-order valence-electron chi connectivity index (χ1n) is 6.88. The number of rotatable bonds is 2. The van der Waals surface area contributed by atoms with Crippen LogP contribution in [0.15, 0.2) is 24.7 Å². The van der Waals surface area contributed by atoms with Gasteiger partial charge in [-0.05, 0) is 39.2 Å². The molecule has 96 valence electrons. The zero-order valence-electron chi connectivity index (χ0n) is 11.1. The Kier molecular flexibility index (Phi) is 3.04. The van der Waals surface area contributed by atoms with E-state index in [1.807, 2.05) is 16.7 Å². The summed E-state index contributed by atoms with van der Waals surface area (Å²) in [6.45, 7) is 5.74. The maximum absolute atomic E-state index is 4.61. The van der Waals surface area contributed by atoms with E-state index < -0.39 is 0 Å². The second-order valence-electron chi connectivity index (χ2n) is 5.54. The predicted octanol–water partition coefficient (Wildman–Crippen LogP) is 1.08. The van der Waals surface area contributed by atoms with Gasteiger partial charge in [0.1, 0.15) is 12.2 Å². The van der Waals surface area contributed by atoms with E-state index in [1.54, 1.807) is 11.1 Å². The van der Waals surface area contributed by atoms with E-state index in [2.05, 4.69) is 30.0 Å². The molecule has 1 saturated heterocycles. The monoisotopic (exact) mass is 245 g/mol. The van der Waals surface area contributed by atoms with Gasteiger partial charge in [0.25, 0.3) is 0 Å². The zero-order valence-corrected chi connectivity index (χ0v) is 11.1. The van der Waals surface area contributed by atoms with Crippen LogP contribution in [0.4, 0.5) is 0 Å². The molecule has 1 fully saturated rings. The summed E-state index contributed by atoms with van der Waals surface area (Å²) in [7, 11) is 0. The minimum atomic E-state index is 0.742. The molecule has 3 atom stereocenters. The number of likely N-dealkylation sites (tertiary alicyclic amines) is 1. The summed E-state index contributed by atoms with van der Waals surface area (Å²) in [6, 6.07) is 3.43. The molecule has 0 aliphatic carbocycles. The second-order valence-corrected chi connectivity index (χ2v) is 5.54. The van der Waals surface area contributed by atoms with Gasteiger partial charge < -0.3 is 4.90 Å². The first-order valence-corrected chi connectivity index (χ1v) is 6.88. The Labute approximate surface area is 108 Å². The van der Waals surface area contributed by atoms with Crippen molar-refractivity contribution in [3.05, 3.63) is 30.4 Å². The molecule has 0 bridgehead atoms. The van der Waals surface area contributed by atoms with E-state index in [0.29, 0.717) is 0 Å². The normalized spacial score (nSPS) is 28.7. The van der Waals surface area contributed by atoms with Gasteiger partial charge in [-0.1, -0.05) is 0 Å². The summed E-state index contributed by atoms with van der Waals surface area (Å²) in [6.07, 6.45) is 9.97. The van der Waals surface area contributed by atoms with Crippen LogP contribution in [0, 0.1) is 0 Å². The quantitative estimate of drug-likeness (QED) is 0.859. The molecule has 1 unspecified atom stereocenters. The number of nitrogens with one attached hydrogen (secondary N) is 1. The molecular formula is C14H21N4+. The van der Waals surface area contributed by atoms with E-state index >= 15 is 0 Å². The van der Waals surface area contributed by atoms with Crippen LogP contribution in [0.25, 0.3) is 5.78 Å². The second kappa shape index (κ2) is 4.69. The lowest BCUT2D eigenvalue weighted by atomic mass is 9.97. The van der Waals surface area contributed by atoms with Gasteiger partial charge in [-0.25, -0.2) is 9.97 Å². The maximum Gasteiger partial charge on any atom is 0.234 e. The molecule has 4 nitrogen and oxygen atoms in total. The molecule has 1 N–H and O–H groups in total. The molecule has 3 heterocycles. The van der Waals surface area contributed by atoms with Gasteiger partial charge in [0.2, 0.25) is 5.78 Å². The standard InChI is InChI=1S/C14H20N4/c1-11-5-3-6-12(2)18(11)10-13-9-17-8-4-7-15-14(17)16-13/h4,7-9,11-12H,3,5-6,10H2,1-2H3/p+1/t11-,12+. The van der Waals surface area contributed by atoms with Crippen molar-refractivity contribution in [1.29, 1.82) is 0 Å². The molecule has 2 aromatic rings. The molecule has 1 aliphatic heterocycles. The van der Waals surface area contributed by atoms with E-state index in [1.165, 1.54) is 19.3 Å². The predicted molar refractivity (Wildman–Crippen MR) is 70.4 cm³/mol. The molecule has 2 aromatic heterocycles. The van der Waals surface area contributed by atoms with Crippen LogP contribution in [0.5, 0.6) is 0 Å². The topological polar surface area (TPSA) is 34.6 Å². The number of hydrogen-bond acceptors (Lipinski definition) is 2. The van der Waals surface area contributed by atoms with Gasteiger partial charge in [-0.2, -0.15) is 0 Å². The molecule has 0 spiro atoms. The lowest BCUT2D eigenvalue weighted by molar-refractivity contribution is -0.964. The molecule has 3 rings (SSSR count). The first kappa shape index (κ1) is 11.7. The molecule has 0 amide bonds. The fraction of sp³-hybridized carbons (Fsp3) is 0.571. The minimum Gasteiger partial charge on any atom is -0.325 e. The summed E-state index contributed by atoms with van der Waals surface area (Å²) in [5.41, 5.74) is 1.16. The molecule has 4 heteroatoms. The number of nitrogens with zero attached hydrogens (tertiary/aromatic N) is 3. The van der Waals surface area contributed by atoms with E-state index in [4.69, 9.17) is 0 Å². The van der Waals surface area contributed by atoms with Crippen LogP contribution >= 0.6 is 0 Å². The summed E-state index contributed by atoms with van der Waals surface area (Å²) in [5.74, 6) is 0.809. The lowest BCUT2D eigenvalue weighted by Crippen LogP contribution is -3.18. The largest absolute Gasteiger partial charge is 0.325 e. The highest BCUT2D eigenvalue weighted by Gasteiger charge is 2.29. The van der Waals surface area contributed by atoms with Crippen molar-refractivity contribution in [2.45, 2.75) is 51.7 Å². The fourth-order valence-corrected chi connectivity index (χ4v) is 3.11. The van der Waals surface area contributed by atoms with Crippen LogP contribution in [-0.2, 0) is 6.54 Å². The third kappa shape index (κ3) is 2.12. The number of piperidine rings is 1. The summed E-state index contributed by atoms with van der Waals surface area (Å²) in [5, 5.41) is 0. The molecule has 0 aromatic carbocycles. The molecule has 0 radical (unpaired) electrons. The highest BCUT2D eigenvalue weighted by atomic mass is 15.2. The van der Waals surface area contributed by atoms with Crippen LogP contribution in [0.2, 0.25) is 0 Å². The van der Waals surface area contributed by atoms with Gasteiger partial charge in [0, 0.05) is 18.6 Å². The highest BCUT2D eigenvalue weighted by molar-refractivity contribution is 5.29. The number of fused-ring (bicyclic) bond motifs is 1. The summed E-state index contributed by atoms with van der Waals surface area (Å²) >= 11 is 0. The van der Waals surface area contributed by atoms with E-state index in [-0.39, 0.29) is 0 Å². The van der Waals surface area contributed by atoms with Gasteiger partial charge >= 0.3 is 0 Å². The van der Waals surface area contributed by atoms with Crippen molar-refractivity contribution in [2.24, 2.45) is 0 Å². The SMILES string of the molecule is C[C@@H]1CCC[C@H](C)[NH+]1Cc1cn2cccnc2n1. The number of imidazole rings is 1. The summed E-state index contributed by atoms with van der Waals surface area (Å²) in [4.78, 5) is 10.6. The Hall–Kier alpha value is -1.42. The van der Waals surface area contributed by atoms with Crippen LogP contribution in [-0.4, -0.2) is 26.5 Å². The Balaban J connectivity index is 1.82. The first-order chi connectivity index (χ1) is 8.74. The van der Waals surface area contributed by atoms with Crippen molar-refractivity contribution in [3.8, 4) is 0 Å². The summed E-state index contributed by atoms with van der Waals surface area (Å²) < 4.78 is 2.01. The Morgan fingerprint density at radius 2 is 2.11 bits per heavy atom. The van der Waals surface area contributed by atoms with Crippen molar-refractivity contribution < 1.29 is 4.90 Å². The van der Waals surface area contributed by atoms with Crippen LogP contribution in [0.3, 0.4) is 0 Å². The van der Waals surface area contributed by atoms with Crippen LogP contribution < -0.4 is 4.90 Å². The lowest BCUT2D eigenvalue weighted by Gasteiger charge is -2.35. The third-order valence-electron chi connectivity index (χ3n) is 4.21. The molecule has 1 aliphatic rings. The Bertz CT molecular complexity index is 490. The Morgan fingerprint density at radius 3 is 2.83 bits per heavy atom. The fourth-order valence-electron chi connectivity index (χ4n) is 3.11. The molecule has 18 heavy (non-hydrogen) atoms. The number of aromatic nitrogens is 3. The number of quaternary nitrogens is 1. The molecule has 0 saturated carbocycles. The highest BCUT2D eigenvalue weighted by Crippen LogP contribution is 2.09. The van der Waals surface area contributed by atoms with Crippen molar-refractivity contribution in [3.63, 3.8) is 0 Å².